The van der Waals surface area contributed by atoms with Crippen molar-refractivity contribution in [2.45, 2.75) is 6.10 Å². The number of alkyl halides is 1. The summed E-state index contributed by atoms with van der Waals surface area (Å²) in [6.07, 6.45) is -0.500. The monoisotopic (exact) mass is 195 g/mol. The second kappa shape index (κ2) is 5.58. The number of nitriles is 1. The van der Waals surface area contributed by atoms with Crippen LogP contribution < -0.4 is 0 Å². The molecule has 0 N–H and O–H groups in total. The normalized spacial score (nSPS) is 12.0. The second-order valence-corrected chi connectivity index (χ2v) is 2.86. The van der Waals surface area contributed by atoms with Gasteiger partial charge in [-0.25, -0.2) is 0 Å². The highest BCUT2D eigenvalue weighted by Gasteiger charge is 2.08. The largest absolute Gasteiger partial charge is 0.357 e. The van der Waals surface area contributed by atoms with Crippen molar-refractivity contribution in [2.24, 2.45) is 0 Å². The molecule has 0 spiro atoms. The van der Waals surface area contributed by atoms with Crippen molar-refractivity contribution in [1.82, 2.24) is 0 Å². The lowest BCUT2D eigenvalue weighted by Crippen LogP contribution is -2.03. The molecular formula is C10H10ClNO. The van der Waals surface area contributed by atoms with Gasteiger partial charge in [0.1, 0.15) is 0 Å². The Morgan fingerprint density at radius 2 is 2.08 bits per heavy atom. The number of halogens is 1. The minimum Gasteiger partial charge on any atom is -0.357 e. The Kier molecular flexibility index (Phi) is 4.31. The van der Waals surface area contributed by atoms with Crippen molar-refractivity contribution in [3.8, 4) is 6.07 Å². The molecule has 0 radical (unpaired) electrons. The van der Waals surface area contributed by atoms with E-state index in [2.05, 4.69) is 6.07 Å². The fourth-order valence-corrected chi connectivity index (χ4v) is 1.09. The van der Waals surface area contributed by atoms with E-state index in [0.717, 1.165) is 5.56 Å². The van der Waals surface area contributed by atoms with Crippen LogP contribution in [0.4, 0.5) is 0 Å². The molecule has 13 heavy (non-hydrogen) atoms. The molecule has 1 unspecified atom stereocenters. The lowest BCUT2D eigenvalue weighted by atomic mass is 10.1. The maximum absolute atomic E-state index is 8.79. The summed E-state index contributed by atoms with van der Waals surface area (Å²) in [7, 11) is 0. The van der Waals surface area contributed by atoms with Gasteiger partial charge in [0.25, 0.3) is 0 Å². The molecule has 0 aromatic heterocycles. The van der Waals surface area contributed by atoms with Crippen LogP contribution in [0.3, 0.4) is 0 Å². The first-order valence-corrected chi connectivity index (χ1v) is 4.54. The highest BCUT2D eigenvalue weighted by molar-refractivity contribution is 6.17. The van der Waals surface area contributed by atoms with E-state index in [9.17, 15) is 0 Å². The van der Waals surface area contributed by atoms with Gasteiger partial charge in [0, 0.05) is 5.88 Å². The zero-order valence-electron chi connectivity index (χ0n) is 7.11. The van der Waals surface area contributed by atoms with Crippen LogP contribution in [0.15, 0.2) is 30.3 Å². The Morgan fingerprint density at radius 1 is 1.38 bits per heavy atom. The second-order valence-electron chi connectivity index (χ2n) is 2.48. The van der Waals surface area contributed by atoms with Gasteiger partial charge in [-0.05, 0) is 5.56 Å². The summed E-state index contributed by atoms with van der Waals surface area (Å²) in [6.45, 7) is 0.397. The molecule has 1 atom stereocenters. The van der Waals surface area contributed by atoms with Gasteiger partial charge in [-0.2, -0.15) is 5.26 Å². The van der Waals surface area contributed by atoms with Crippen LogP contribution in [0.1, 0.15) is 11.7 Å². The third-order valence-corrected chi connectivity index (χ3v) is 1.74. The van der Waals surface area contributed by atoms with E-state index in [4.69, 9.17) is 21.6 Å². The van der Waals surface area contributed by atoms with Gasteiger partial charge in [-0.1, -0.05) is 30.3 Å². The summed E-state index contributed by atoms with van der Waals surface area (Å²) in [5, 5.41) is 8.79. The summed E-state index contributed by atoms with van der Waals surface area (Å²) in [6, 6.07) is 11.5. The third kappa shape index (κ3) is 3.06. The Labute approximate surface area is 82.7 Å². The van der Waals surface area contributed by atoms with Gasteiger partial charge >= 0.3 is 0 Å². The molecule has 0 saturated heterocycles. The van der Waals surface area contributed by atoms with E-state index in [0.29, 0.717) is 12.5 Å². The molecular weight excluding hydrogens is 186 g/mol. The maximum atomic E-state index is 8.79. The molecule has 0 saturated carbocycles. The highest BCUT2D eigenvalue weighted by Crippen LogP contribution is 2.15. The predicted octanol–water partition coefficient (Wildman–Crippen LogP) is 2.51. The van der Waals surface area contributed by atoms with E-state index in [1.165, 1.54) is 0 Å². The Hall–Kier alpha value is -1.04. The molecule has 0 aliphatic rings. The molecule has 2 nitrogen and oxygen atoms in total. The average Bonchev–Trinajstić information content (AvgIpc) is 2.21. The zero-order chi connectivity index (χ0) is 9.52. The van der Waals surface area contributed by atoms with Crippen molar-refractivity contribution in [3.05, 3.63) is 35.9 Å². The van der Waals surface area contributed by atoms with Crippen molar-refractivity contribution in [3.63, 3.8) is 0 Å². The van der Waals surface area contributed by atoms with Crippen LogP contribution in [0.25, 0.3) is 0 Å². The summed E-state index contributed by atoms with van der Waals surface area (Å²) in [5.74, 6) is 0.408. The summed E-state index contributed by atoms with van der Waals surface area (Å²) >= 11 is 5.46. The lowest BCUT2D eigenvalue weighted by Gasteiger charge is -2.08. The number of benzene rings is 1. The van der Waals surface area contributed by atoms with E-state index in [1.54, 1.807) is 0 Å². The minimum absolute atomic E-state index is 0.397. The molecule has 68 valence electrons. The standard InChI is InChI=1S/C10H10ClNO/c11-6-7-13-10(8-12)9-4-2-1-3-5-9/h1-5,10H,6-7H2. The molecule has 3 heteroatoms. The minimum atomic E-state index is -0.500. The summed E-state index contributed by atoms with van der Waals surface area (Å²) < 4.78 is 5.23. The van der Waals surface area contributed by atoms with Gasteiger partial charge in [0.15, 0.2) is 6.10 Å². The molecule has 1 rings (SSSR count). The van der Waals surface area contributed by atoms with Crippen LogP contribution in [-0.2, 0) is 4.74 Å². The van der Waals surface area contributed by atoms with E-state index < -0.39 is 6.10 Å². The van der Waals surface area contributed by atoms with Gasteiger partial charge in [-0.3, -0.25) is 0 Å². The first-order chi connectivity index (χ1) is 6.38. The van der Waals surface area contributed by atoms with Gasteiger partial charge in [0.2, 0.25) is 0 Å². The molecule has 0 aliphatic carbocycles. The van der Waals surface area contributed by atoms with Crippen LogP contribution in [0, 0.1) is 11.3 Å². The fraction of sp³-hybridized carbons (Fsp3) is 0.300. The molecule has 1 aromatic rings. The average molecular weight is 196 g/mol. The first kappa shape index (κ1) is 10.0. The van der Waals surface area contributed by atoms with E-state index in [1.807, 2.05) is 30.3 Å². The molecule has 0 heterocycles. The van der Waals surface area contributed by atoms with Crippen LogP contribution in [0.5, 0.6) is 0 Å². The SMILES string of the molecule is N#CC(OCCCl)c1ccccc1. The van der Waals surface area contributed by atoms with Crippen LogP contribution in [-0.4, -0.2) is 12.5 Å². The Morgan fingerprint density at radius 3 is 2.62 bits per heavy atom. The van der Waals surface area contributed by atoms with Gasteiger partial charge in [0.05, 0.1) is 12.7 Å². The quantitative estimate of drug-likeness (QED) is 0.692. The third-order valence-electron chi connectivity index (χ3n) is 1.58. The summed E-state index contributed by atoms with van der Waals surface area (Å²) in [5.41, 5.74) is 0.870. The van der Waals surface area contributed by atoms with Crippen LogP contribution >= 0.6 is 11.6 Å². The molecule has 0 fully saturated rings. The molecule has 1 aromatic carbocycles. The van der Waals surface area contributed by atoms with Gasteiger partial charge in [-0.15, -0.1) is 11.6 Å². The number of rotatable bonds is 4. The number of hydrogen-bond donors (Lipinski definition) is 0. The Bertz CT molecular complexity index is 281. The van der Waals surface area contributed by atoms with E-state index in [-0.39, 0.29) is 0 Å². The van der Waals surface area contributed by atoms with Crippen LogP contribution in [0.2, 0.25) is 0 Å². The van der Waals surface area contributed by atoms with E-state index >= 15 is 0 Å². The maximum Gasteiger partial charge on any atom is 0.169 e. The van der Waals surface area contributed by atoms with Gasteiger partial charge < -0.3 is 4.74 Å². The molecule has 0 bridgehead atoms. The predicted molar refractivity (Wildman–Crippen MR) is 51.5 cm³/mol. The number of nitrogens with zero attached hydrogens (tertiary/aromatic N) is 1. The summed E-state index contributed by atoms with van der Waals surface area (Å²) in [4.78, 5) is 0. The Balaban J connectivity index is 2.63. The molecule has 0 aliphatic heterocycles. The van der Waals surface area contributed by atoms with Crippen molar-refractivity contribution < 1.29 is 4.74 Å². The smallest absolute Gasteiger partial charge is 0.169 e. The topological polar surface area (TPSA) is 33.0 Å². The fourth-order valence-electron chi connectivity index (χ4n) is 0.998. The van der Waals surface area contributed by atoms with Crippen molar-refractivity contribution in [2.75, 3.05) is 12.5 Å². The molecule has 0 amide bonds. The van der Waals surface area contributed by atoms with Crippen molar-refractivity contribution in [1.29, 1.82) is 5.26 Å². The number of hydrogen-bond acceptors (Lipinski definition) is 2. The lowest BCUT2D eigenvalue weighted by molar-refractivity contribution is 0.104. The zero-order valence-corrected chi connectivity index (χ0v) is 7.87. The number of ether oxygens (including phenoxy) is 1. The first-order valence-electron chi connectivity index (χ1n) is 4.00. The highest BCUT2D eigenvalue weighted by atomic mass is 35.5. The van der Waals surface area contributed by atoms with Crippen molar-refractivity contribution >= 4 is 11.6 Å².